The summed E-state index contributed by atoms with van der Waals surface area (Å²) in [6.45, 7) is 5.61. The van der Waals surface area contributed by atoms with E-state index in [1.54, 1.807) is 4.90 Å². The van der Waals surface area contributed by atoms with Gasteiger partial charge in [-0.05, 0) is 32.4 Å². The Labute approximate surface area is 93.5 Å². The molecule has 3 nitrogen and oxygen atoms in total. The van der Waals surface area contributed by atoms with Crippen LogP contribution in [0.5, 0.6) is 5.75 Å². The second-order valence-electron chi connectivity index (χ2n) is 4.40. The van der Waals surface area contributed by atoms with Crippen molar-refractivity contribution >= 4 is 5.91 Å². The number of phenols is 1. The molecule has 4 heteroatoms. The lowest BCUT2D eigenvalue weighted by atomic mass is 10.0. The van der Waals surface area contributed by atoms with E-state index in [4.69, 9.17) is 0 Å². The first-order valence-corrected chi connectivity index (χ1v) is 5.25. The van der Waals surface area contributed by atoms with Crippen LogP contribution in [-0.2, 0) is 6.54 Å². The van der Waals surface area contributed by atoms with Gasteiger partial charge in [0.05, 0.1) is 5.56 Å². The summed E-state index contributed by atoms with van der Waals surface area (Å²) in [6.07, 6.45) is 0. The Morgan fingerprint density at radius 2 is 2.12 bits per heavy atom. The maximum atomic E-state index is 13.8. The number of aromatic hydroxyl groups is 1. The molecule has 1 heterocycles. The SMILES string of the molecule is Cc1c(O)cc2c(c1F)C(=O)N(C(C)C)C2. The van der Waals surface area contributed by atoms with Crippen molar-refractivity contribution in [1.29, 1.82) is 0 Å². The number of hydrogen-bond donors (Lipinski definition) is 1. The molecule has 0 saturated heterocycles. The van der Waals surface area contributed by atoms with Crippen molar-refractivity contribution in [3.05, 3.63) is 28.6 Å². The molecular weight excluding hydrogens is 209 g/mol. The number of phenolic OH excluding ortho intramolecular Hbond substituents is 1. The molecule has 0 unspecified atom stereocenters. The van der Waals surface area contributed by atoms with Crippen LogP contribution in [-0.4, -0.2) is 22.0 Å². The number of carbonyl (C=O) groups excluding carboxylic acids is 1. The van der Waals surface area contributed by atoms with Crippen molar-refractivity contribution in [2.24, 2.45) is 0 Å². The molecule has 0 atom stereocenters. The third kappa shape index (κ3) is 1.37. The van der Waals surface area contributed by atoms with Crippen molar-refractivity contribution in [3.63, 3.8) is 0 Å². The summed E-state index contributed by atoms with van der Waals surface area (Å²) in [5.74, 6) is -0.969. The first-order chi connectivity index (χ1) is 7.43. The van der Waals surface area contributed by atoms with E-state index in [1.165, 1.54) is 13.0 Å². The molecular formula is C12H14FNO2. The Balaban J connectivity index is 2.57. The molecule has 0 aliphatic carbocycles. The first-order valence-electron chi connectivity index (χ1n) is 5.25. The summed E-state index contributed by atoms with van der Waals surface area (Å²) >= 11 is 0. The number of nitrogens with zero attached hydrogens (tertiary/aromatic N) is 1. The minimum Gasteiger partial charge on any atom is -0.508 e. The number of hydrogen-bond acceptors (Lipinski definition) is 2. The third-order valence-electron chi connectivity index (χ3n) is 3.00. The van der Waals surface area contributed by atoms with Gasteiger partial charge in [-0.1, -0.05) is 0 Å². The minimum absolute atomic E-state index is 0.0294. The molecule has 1 N–H and O–H groups in total. The van der Waals surface area contributed by atoms with Gasteiger partial charge >= 0.3 is 0 Å². The van der Waals surface area contributed by atoms with Gasteiger partial charge < -0.3 is 10.0 Å². The first kappa shape index (κ1) is 10.9. The third-order valence-corrected chi connectivity index (χ3v) is 3.00. The lowest BCUT2D eigenvalue weighted by Gasteiger charge is -2.19. The van der Waals surface area contributed by atoms with Crippen molar-refractivity contribution in [3.8, 4) is 5.75 Å². The average Bonchev–Trinajstić information content (AvgIpc) is 2.52. The standard InChI is InChI=1S/C12H14FNO2/c1-6(2)14-5-8-4-9(15)7(3)11(13)10(8)12(14)16/h4,6,15H,5H2,1-3H3. The highest BCUT2D eigenvalue weighted by molar-refractivity contribution is 5.99. The molecule has 0 radical (unpaired) electrons. The number of benzene rings is 1. The highest BCUT2D eigenvalue weighted by Crippen LogP contribution is 2.33. The van der Waals surface area contributed by atoms with Crippen molar-refractivity contribution in [1.82, 2.24) is 4.90 Å². The summed E-state index contributed by atoms with van der Waals surface area (Å²) in [5, 5.41) is 9.51. The van der Waals surface area contributed by atoms with Gasteiger partial charge in [0.2, 0.25) is 0 Å². The topological polar surface area (TPSA) is 40.5 Å². The fourth-order valence-corrected chi connectivity index (χ4v) is 1.96. The molecule has 1 aliphatic heterocycles. The maximum Gasteiger partial charge on any atom is 0.257 e. The summed E-state index contributed by atoms with van der Waals surface area (Å²) in [7, 11) is 0. The normalized spacial score (nSPS) is 14.8. The second kappa shape index (κ2) is 3.47. The van der Waals surface area contributed by atoms with Gasteiger partial charge in [0.25, 0.3) is 5.91 Å². The van der Waals surface area contributed by atoms with E-state index in [2.05, 4.69) is 0 Å². The average molecular weight is 223 g/mol. The van der Waals surface area contributed by atoms with E-state index >= 15 is 0 Å². The molecule has 1 amide bonds. The smallest absolute Gasteiger partial charge is 0.257 e. The largest absolute Gasteiger partial charge is 0.508 e. The van der Waals surface area contributed by atoms with Crippen molar-refractivity contribution in [2.45, 2.75) is 33.4 Å². The number of fused-ring (bicyclic) bond motifs is 1. The quantitative estimate of drug-likeness (QED) is 0.792. The highest BCUT2D eigenvalue weighted by Gasteiger charge is 2.33. The molecule has 0 bridgehead atoms. The number of amides is 1. The predicted molar refractivity (Wildman–Crippen MR) is 57.8 cm³/mol. The number of rotatable bonds is 1. The Morgan fingerprint density at radius 3 is 2.69 bits per heavy atom. The minimum atomic E-state index is -0.594. The predicted octanol–water partition coefficient (Wildman–Crippen LogP) is 2.20. The molecule has 0 saturated carbocycles. The number of carbonyl (C=O) groups is 1. The Bertz CT molecular complexity index is 469. The monoisotopic (exact) mass is 223 g/mol. The van der Waals surface area contributed by atoms with E-state index < -0.39 is 5.82 Å². The zero-order valence-corrected chi connectivity index (χ0v) is 9.54. The van der Waals surface area contributed by atoms with Crippen LogP contribution in [0.1, 0.15) is 35.3 Å². The molecule has 0 aromatic heterocycles. The molecule has 1 aliphatic rings. The molecule has 2 rings (SSSR count). The van der Waals surface area contributed by atoms with Crippen LogP contribution < -0.4 is 0 Å². The van der Waals surface area contributed by atoms with Crippen LogP contribution in [0.25, 0.3) is 0 Å². The van der Waals surface area contributed by atoms with E-state index in [1.807, 2.05) is 13.8 Å². The molecule has 0 spiro atoms. The van der Waals surface area contributed by atoms with E-state index in [-0.39, 0.29) is 28.8 Å². The van der Waals surface area contributed by atoms with Gasteiger partial charge in [0.1, 0.15) is 11.6 Å². The maximum absolute atomic E-state index is 13.8. The fraction of sp³-hybridized carbons (Fsp3) is 0.417. The van der Waals surface area contributed by atoms with Crippen LogP contribution in [0.2, 0.25) is 0 Å². The zero-order chi connectivity index (χ0) is 12.0. The van der Waals surface area contributed by atoms with Gasteiger partial charge in [0.15, 0.2) is 0 Å². The Kier molecular flexibility index (Phi) is 2.37. The van der Waals surface area contributed by atoms with Crippen LogP contribution in [0, 0.1) is 12.7 Å². The van der Waals surface area contributed by atoms with E-state index in [9.17, 15) is 14.3 Å². The van der Waals surface area contributed by atoms with E-state index in [0.717, 1.165) is 0 Å². The lowest BCUT2D eigenvalue weighted by molar-refractivity contribution is 0.0727. The van der Waals surface area contributed by atoms with Gasteiger partial charge in [-0.2, -0.15) is 0 Å². The fourth-order valence-electron chi connectivity index (χ4n) is 1.96. The summed E-state index contributed by atoms with van der Waals surface area (Å²) in [6, 6.07) is 1.51. The summed E-state index contributed by atoms with van der Waals surface area (Å²) < 4.78 is 13.8. The van der Waals surface area contributed by atoms with Gasteiger partial charge in [-0.25, -0.2) is 4.39 Å². The van der Waals surface area contributed by atoms with Crippen LogP contribution in [0.3, 0.4) is 0 Å². The van der Waals surface area contributed by atoms with Gasteiger partial charge in [0, 0.05) is 18.2 Å². The Morgan fingerprint density at radius 1 is 1.50 bits per heavy atom. The van der Waals surface area contributed by atoms with Crippen molar-refractivity contribution in [2.75, 3.05) is 0 Å². The van der Waals surface area contributed by atoms with Crippen LogP contribution in [0.15, 0.2) is 6.07 Å². The van der Waals surface area contributed by atoms with Gasteiger partial charge in [-0.15, -0.1) is 0 Å². The lowest BCUT2D eigenvalue weighted by Crippen LogP contribution is -2.31. The molecule has 0 fully saturated rings. The summed E-state index contributed by atoms with van der Waals surface area (Å²) in [5.41, 5.74) is 0.820. The molecule has 1 aromatic carbocycles. The Hall–Kier alpha value is -1.58. The van der Waals surface area contributed by atoms with Crippen LogP contribution >= 0.6 is 0 Å². The summed E-state index contributed by atoms with van der Waals surface area (Å²) in [4.78, 5) is 13.5. The molecule has 86 valence electrons. The molecule has 1 aromatic rings. The van der Waals surface area contributed by atoms with Crippen LogP contribution in [0.4, 0.5) is 4.39 Å². The van der Waals surface area contributed by atoms with Crippen molar-refractivity contribution < 1.29 is 14.3 Å². The van der Waals surface area contributed by atoms with E-state index in [0.29, 0.717) is 12.1 Å². The highest BCUT2D eigenvalue weighted by atomic mass is 19.1. The second-order valence-corrected chi connectivity index (χ2v) is 4.40. The zero-order valence-electron chi connectivity index (χ0n) is 9.54. The van der Waals surface area contributed by atoms with Gasteiger partial charge in [-0.3, -0.25) is 4.79 Å². The number of halogens is 1. The molecule has 16 heavy (non-hydrogen) atoms.